The van der Waals surface area contributed by atoms with Crippen molar-refractivity contribution in [1.29, 1.82) is 0 Å². The van der Waals surface area contributed by atoms with Crippen LogP contribution in [-0.4, -0.2) is 12.7 Å². The molecule has 1 fully saturated rings. The number of benzene rings is 2. The van der Waals surface area contributed by atoms with E-state index in [4.69, 9.17) is 16.3 Å². The van der Waals surface area contributed by atoms with Crippen LogP contribution in [0.3, 0.4) is 0 Å². The molecule has 0 unspecified atom stereocenters. The van der Waals surface area contributed by atoms with Crippen molar-refractivity contribution in [3.63, 3.8) is 0 Å². The number of halogens is 3. The first-order valence-corrected chi connectivity index (χ1v) is 9.10. The molecule has 0 bridgehead atoms. The third-order valence-electron chi connectivity index (χ3n) is 4.58. The molecule has 3 nitrogen and oxygen atoms in total. The first kappa shape index (κ1) is 18.6. The molecule has 3 rings (SSSR count). The van der Waals surface area contributed by atoms with E-state index < -0.39 is 17.7 Å². The number of nitrogens with zero attached hydrogens (tertiary/aromatic N) is 1. The number of carbonyl (C=O) groups excluding carboxylic acids is 1. The van der Waals surface area contributed by atoms with Crippen molar-refractivity contribution < 1.29 is 18.3 Å². The summed E-state index contributed by atoms with van der Waals surface area (Å²) in [6.45, 7) is 0.306. The van der Waals surface area contributed by atoms with Gasteiger partial charge in [-0.2, -0.15) is 0 Å². The number of ether oxygens (including phenoxy) is 1. The van der Waals surface area contributed by atoms with Crippen LogP contribution >= 0.6 is 11.6 Å². The van der Waals surface area contributed by atoms with E-state index in [0.717, 1.165) is 36.6 Å². The largest absolute Gasteiger partial charge is 0.449 e. The first-order valence-electron chi connectivity index (χ1n) is 8.72. The number of hydrogen-bond donors (Lipinski definition) is 0. The Kier molecular flexibility index (Phi) is 6.09. The van der Waals surface area contributed by atoms with Crippen LogP contribution < -0.4 is 4.90 Å². The molecule has 2 aromatic carbocycles. The average Bonchev–Trinajstić information content (AvgIpc) is 2.64. The molecule has 0 radical (unpaired) electrons. The lowest BCUT2D eigenvalue weighted by atomic mass is 9.90. The summed E-state index contributed by atoms with van der Waals surface area (Å²) in [5, 5.41) is -0.0523. The van der Waals surface area contributed by atoms with Gasteiger partial charge in [-0.1, -0.05) is 36.9 Å². The summed E-state index contributed by atoms with van der Waals surface area (Å²) < 4.78 is 33.0. The van der Waals surface area contributed by atoms with Crippen LogP contribution in [0.2, 0.25) is 5.02 Å². The molecule has 0 atom stereocenters. The van der Waals surface area contributed by atoms with Gasteiger partial charge in [-0.15, -0.1) is 0 Å². The van der Waals surface area contributed by atoms with E-state index in [-0.39, 0.29) is 16.4 Å². The van der Waals surface area contributed by atoms with Crippen molar-refractivity contribution in [2.75, 3.05) is 11.5 Å². The lowest BCUT2D eigenvalue weighted by molar-refractivity contribution is 0.124. The molecule has 1 aliphatic rings. The zero-order valence-corrected chi connectivity index (χ0v) is 15.0. The Morgan fingerprint density at radius 1 is 1.08 bits per heavy atom. The molecule has 0 heterocycles. The summed E-state index contributed by atoms with van der Waals surface area (Å²) in [5.41, 5.74) is 0.492. The molecule has 6 heteroatoms. The minimum absolute atomic E-state index is 0.0523. The first-order chi connectivity index (χ1) is 12.5. The monoisotopic (exact) mass is 379 g/mol. The van der Waals surface area contributed by atoms with Gasteiger partial charge in [0.05, 0.1) is 23.0 Å². The van der Waals surface area contributed by atoms with E-state index in [1.54, 1.807) is 6.07 Å². The molecule has 1 amide bonds. The number of rotatable bonds is 4. The topological polar surface area (TPSA) is 29.5 Å². The van der Waals surface area contributed by atoms with Gasteiger partial charge in [-0.3, -0.25) is 0 Å². The summed E-state index contributed by atoms with van der Waals surface area (Å²) >= 11 is 5.73. The Labute approximate surface area is 156 Å². The van der Waals surface area contributed by atoms with Gasteiger partial charge in [-0.25, -0.2) is 18.5 Å². The Balaban J connectivity index is 1.84. The quantitative estimate of drug-likeness (QED) is 0.609. The molecule has 1 aliphatic carbocycles. The van der Waals surface area contributed by atoms with Crippen molar-refractivity contribution in [2.45, 2.75) is 32.1 Å². The Bertz CT molecular complexity index is 778. The Morgan fingerprint density at radius 3 is 2.50 bits per heavy atom. The van der Waals surface area contributed by atoms with Crippen LogP contribution in [0.1, 0.15) is 32.1 Å². The highest BCUT2D eigenvalue weighted by Crippen LogP contribution is 2.30. The summed E-state index contributed by atoms with van der Waals surface area (Å²) in [7, 11) is 0. The van der Waals surface area contributed by atoms with Gasteiger partial charge in [0.25, 0.3) is 0 Å². The maximum absolute atomic E-state index is 13.9. The van der Waals surface area contributed by atoms with Crippen molar-refractivity contribution in [2.24, 2.45) is 5.92 Å². The van der Waals surface area contributed by atoms with E-state index in [9.17, 15) is 13.6 Å². The third-order valence-corrected chi connectivity index (χ3v) is 4.88. The predicted octanol–water partition coefficient (Wildman–Crippen LogP) is 6.47. The van der Waals surface area contributed by atoms with Crippen LogP contribution in [0.15, 0.2) is 42.5 Å². The van der Waals surface area contributed by atoms with Crippen molar-refractivity contribution >= 4 is 29.1 Å². The van der Waals surface area contributed by atoms with E-state index in [1.807, 2.05) is 0 Å². The molecular formula is C20H20ClF2NO2. The molecule has 138 valence electrons. The fourth-order valence-electron chi connectivity index (χ4n) is 3.21. The summed E-state index contributed by atoms with van der Waals surface area (Å²) in [6.07, 6.45) is 4.88. The fraction of sp³-hybridized carbons (Fsp3) is 0.350. The van der Waals surface area contributed by atoms with E-state index >= 15 is 0 Å². The van der Waals surface area contributed by atoms with Gasteiger partial charge in [-0.05, 0) is 55.2 Å². The van der Waals surface area contributed by atoms with Crippen molar-refractivity contribution in [3.05, 3.63) is 59.1 Å². The number of carbonyl (C=O) groups is 1. The van der Waals surface area contributed by atoms with Crippen molar-refractivity contribution in [1.82, 2.24) is 0 Å². The molecule has 1 saturated carbocycles. The molecule has 0 N–H and O–H groups in total. The van der Waals surface area contributed by atoms with Crippen LogP contribution in [0, 0.1) is 17.6 Å². The maximum atomic E-state index is 13.9. The number of amides is 1. The predicted molar refractivity (Wildman–Crippen MR) is 97.9 cm³/mol. The second-order valence-electron chi connectivity index (χ2n) is 6.49. The minimum Gasteiger partial charge on any atom is -0.449 e. The zero-order valence-electron chi connectivity index (χ0n) is 14.3. The number of hydrogen-bond acceptors (Lipinski definition) is 2. The molecular weight excluding hydrogens is 360 g/mol. The fourth-order valence-corrected chi connectivity index (χ4v) is 3.32. The molecule has 26 heavy (non-hydrogen) atoms. The molecule has 0 aromatic heterocycles. The van der Waals surface area contributed by atoms with Crippen LogP contribution in [0.5, 0.6) is 0 Å². The standard InChI is InChI=1S/C20H20ClF2NO2/c21-18-10-9-17(12-19(18)23)24(16-8-4-7-15(22)11-16)20(25)26-13-14-5-2-1-3-6-14/h4,7-12,14H,1-3,5-6,13H2. The molecule has 0 saturated heterocycles. The SMILES string of the molecule is O=C(OCC1CCCCC1)N(c1cccc(F)c1)c1ccc(Cl)c(F)c1. The van der Waals surface area contributed by atoms with E-state index in [1.165, 1.54) is 36.8 Å². The van der Waals surface area contributed by atoms with Crippen LogP contribution in [0.4, 0.5) is 25.0 Å². The van der Waals surface area contributed by atoms with E-state index in [2.05, 4.69) is 0 Å². The van der Waals surface area contributed by atoms with E-state index in [0.29, 0.717) is 12.5 Å². The molecule has 0 aliphatic heterocycles. The lowest BCUT2D eigenvalue weighted by Crippen LogP contribution is -2.29. The van der Waals surface area contributed by atoms with Crippen molar-refractivity contribution in [3.8, 4) is 0 Å². The highest BCUT2D eigenvalue weighted by atomic mass is 35.5. The average molecular weight is 380 g/mol. The van der Waals surface area contributed by atoms with Gasteiger partial charge in [0.1, 0.15) is 11.6 Å². The minimum atomic E-state index is -0.664. The van der Waals surface area contributed by atoms with Gasteiger partial charge in [0, 0.05) is 0 Å². The second-order valence-corrected chi connectivity index (χ2v) is 6.90. The Morgan fingerprint density at radius 2 is 1.81 bits per heavy atom. The number of anilines is 2. The second kappa shape index (κ2) is 8.49. The summed E-state index contributed by atoms with van der Waals surface area (Å²) in [5.74, 6) is -0.823. The molecule has 2 aromatic rings. The normalized spacial score (nSPS) is 14.9. The van der Waals surface area contributed by atoms with Crippen LogP contribution in [-0.2, 0) is 4.74 Å². The summed E-state index contributed by atoms with van der Waals surface area (Å²) in [6, 6.07) is 9.52. The third kappa shape index (κ3) is 4.52. The van der Waals surface area contributed by atoms with Crippen LogP contribution in [0.25, 0.3) is 0 Å². The van der Waals surface area contributed by atoms with Gasteiger partial charge in [0.2, 0.25) is 0 Å². The maximum Gasteiger partial charge on any atom is 0.418 e. The van der Waals surface area contributed by atoms with Gasteiger partial charge < -0.3 is 4.74 Å². The zero-order chi connectivity index (χ0) is 18.5. The molecule has 0 spiro atoms. The highest BCUT2D eigenvalue weighted by molar-refractivity contribution is 6.30. The van der Waals surface area contributed by atoms with Gasteiger partial charge in [0.15, 0.2) is 0 Å². The smallest absolute Gasteiger partial charge is 0.418 e. The van der Waals surface area contributed by atoms with Gasteiger partial charge >= 0.3 is 6.09 Å². The Hall–Kier alpha value is -2.14. The summed E-state index contributed by atoms with van der Waals surface area (Å²) in [4.78, 5) is 13.9. The highest BCUT2D eigenvalue weighted by Gasteiger charge is 2.23. The lowest BCUT2D eigenvalue weighted by Gasteiger charge is -2.25.